The summed E-state index contributed by atoms with van der Waals surface area (Å²) in [6, 6.07) is 13.6. The van der Waals surface area contributed by atoms with Crippen LogP contribution >= 0.6 is 0 Å². The quantitative estimate of drug-likeness (QED) is 0.403. The fourth-order valence-corrected chi connectivity index (χ4v) is 3.12. The molecule has 1 N–H and O–H groups in total. The molecule has 1 amide bonds. The van der Waals surface area contributed by atoms with Crippen molar-refractivity contribution in [1.29, 1.82) is 5.26 Å². The topological polar surface area (TPSA) is 128 Å². The Morgan fingerprint density at radius 2 is 1.88 bits per heavy atom. The number of hydrogen-bond donors (Lipinski definition) is 1. The molecule has 0 unspecified atom stereocenters. The van der Waals surface area contributed by atoms with Crippen LogP contribution in [-0.2, 0) is 0 Å². The third-order valence-corrected chi connectivity index (χ3v) is 4.87. The molecule has 0 aliphatic rings. The SMILES string of the molecule is CCOc1ccc(-n2nc(C(=O)N/N=C/c3ccc(OC)cc3OC)c(C)c(C#N)c2=O)cc1. The molecule has 0 saturated heterocycles. The van der Waals surface area contributed by atoms with E-state index >= 15 is 0 Å². The van der Waals surface area contributed by atoms with Crippen molar-refractivity contribution >= 4 is 12.1 Å². The van der Waals surface area contributed by atoms with Crippen LogP contribution in [0.25, 0.3) is 5.69 Å². The normalized spacial score (nSPS) is 10.6. The predicted octanol–water partition coefficient (Wildman–Crippen LogP) is 2.59. The van der Waals surface area contributed by atoms with Crippen molar-refractivity contribution in [2.45, 2.75) is 13.8 Å². The molecule has 0 aliphatic heterocycles. The number of amides is 1. The van der Waals surface area contributed by atoms with Crippen molar-refractivity contribution in [3.63, 3.8) is 0 Å². The van der Waals surface area contributed by atoms with Gasteiger partial charge in [0.1, 0.15) is 28.9 Å². The van der Waals surface area contributed by atoms with E-state index in [0.29, 0.717) is 35.1 Å². The highest BCUT2D eigenvalue weighted by molar-refractivity contribution is 5.95. The number of hydrazone groups is 1. The van der Waals surface area contributed by atoms with E-state index < -0.39 is 11.5 Å². The minimum Gasteiger partial charge on any atom is -0.497 e. The predicted molar refractivity (Wildman–Crippen MR) is 125 cm³/mol. The molecule has 10 nitrogen and oxygen atoms in total. The van der Waals surface area contributed by atoms with Crippen molar-refractivity contribution in [3.05, 3.63) is 75.2 Å². The minimum absolute atomic E-state index is 0.108. The summed E-state index contributed by atoms with van der Waals surface area (Å²) < 4.78 is 16.9. The number of methoxy groups -OCH3 is 2. The lowest BCUT2D eigenvalue weighted by Crippen LogP contribution is -2.31. The van der Waals surface area contributed by atoms with Gasteiger partial charge in [0.2, 0.25) is 0 Å². The first-order valence-corrected chi connectivity index (χ1v) is 10.3. The van der Waals surface area contributed by atoms with Gasteiger partial charge in [-0.15, -0.1) is 0 Å². The fourth-order valence-electron chi connectivity index (χ4n) is 3.12. The van der Waals surface area contributed by atoms with Gasteiger partial charge < -0.3 is 14.2 Å². The number of hydrogen-bond acceptors (Lipinski definition) is 8. The molecular weight excluding hydrogens is 438 g/mol. The van der Waals surface area contributed by atoms with E-state index in [1.165, 1.54) is 20.2 Å². The summed E-state index contributed by atoms with van der Waals surface area (Å²) in [5.41, 5.74) is 2.59. The Morgan fingerprint density at radius 3 is 2.50 bits per heavy atom. The molecule has 2 aromatic carbocycles. The van der Waals surface area contributed by atoms with Crippen molar-refractivity contribution in [2.24, 2.45) is 5.10 Å². The Hall–Kier alpha value is -4.65. The largest absolute Gasteiger partial charge is 0.497 e. The first kappa shape index (κ1) is 24.0. The lowest BCUT2D eigenvalue weighted by Gasteiger charge is -2.11. The van der Waals surface area contributed by atoms with E-state index in [0.717, 1.165) is 4.68 Å². The van der Waals surface area contributed by atoms with Gasteiger partial charge in [-0.1, -0.05) is 0 Å². The average Bonchev–Trinajstić information content (AvgIpc) is 2.85. The number of rotatable bonds is 8. The van der Waals surface area contributed by atoms with Gasteiger partial charge in [-0.2, -0.15) is 20.1 Å². The average molecular weight is 461 g/mol. The maximum absolute atomic E-state index is 12.8. The summed E-state index contributed by atoms with van der Waals surface area (Å²) in [4.78, 5) is 25.6. The molecule has 1 aromatic heterocycles. The van der Waals surface area contributed by atoms with Gasteiger partial charge in [-0.05, 0) is 50.2 Å². The van der Waals surface area contributed by atoms with Crippen molar-refractivity contribution in [2.75, 3.05) is 20.8 Å². The standard InChI is InChI=1S/C24H23N5O5/c1-5-34-18-10-7-17(8-11-18)29-24(31)20(13-25)15(2)22(28-29)23(30)27-26-14-16-6-9-19(32-3)12-21(16)33-4/h6-12,14H,5H2,1-4H3,(H,27,30)/b26-14+. The Kier molecular flexibility index (Phi) is 7.61. The van der Waals surface area contributed by atoms with Crippen LogP contribution in [0.15, 0.2) is 52.4 Å². The molecule has 174 valence electrons. The van der Waals surface area contributed by atoms with E-state index in [4.69, 9.17) is 14.2 Å². The Morgan fingerprint density at radius 1 is 1.18 bits per heavy atom. The minimum atomic E-state index is -0.683. The molecular formula is C24H23N5O5. The number of nitrogens with zero attached hydrogens (tertiary/aromatic N) is 4. The van der Waals surface area contributed by atoms with E-state index in [1.807, 2.05) is 13.0 Å². The smallest absolute Gasteiger partial charge is 0.292 e. The van der Waals surface area contributed by atoms with Crippen LogP contribution in [0.4, 0.5) is 0 Å². The van der Waals surface area contributed by atoms with Gasteiger partial charge in [-0.25, -0.2) is 5.43 Å². The second-order valence-electron chi connectivity index (χ2n) is 6.91. The number of carbonyl (C=O) groups is 1. The second kappa shape index (κ2) is 10.8. The molecule has 0 saturated carbocycles. The van der Waals surface area contributed by atoms with Gasteiger partial charge in [0.15, 0.2) is 5.69 Å². The molecule has 1 heterocycles. The van der Waals surface area contributed by atoms with Crippen LogP contribution in [0.1, 0.15) is 34.1 Å². The monoisotopic (exact) mass is 461 g/mol. The van der Waals surface area contributed by atoms with Crippen molar-refractivity contribution in [3.8, 4) is 29.0 Å². The molecule has 3 rings (SSSR count). The van der Waals surface area contributed by atoms with Crippen molar-refractivity contribution < 1.29 is 19.0 Å². The number of nitrogens with one attached hydrogen (secondary N) is 1. The fraction of sp³-hybridized carbons (Fsp3) is 0.208. The molecule has 10 heteroatoms. The van der Waals surface area contributed by atoms with Crippen LogP contribution < -0.4 is 25.2 Å². The third kappa shape index (κ3) is 5.05. The van der Waals surface area contributed by atoms with Crippen LogP contribution in [-0.4, -0.2) is 42.7 Å². The number of benzene rings is 2. The van der Waals surface area contributed by atoms with E-state index in [9.17, 15) is 14.9 Å². The Bertz CT molecular complexity index is 1320. The van der Waals surface area contributed by atoms with Crippen LogP contribution in [0.2, 0.25) is 0 Å². The summed E-state index contributed by atoms with van der Waals surface area (Å²) in [6.07, 6.45) is 1.40. The number of nitriles is 1. The molecule has 0 radical (unpaired) electrons. The summed E-state index contributed by atoms with van der Waals surface area (Å²) in [6.45, 7) is 3.84. The Labute approximate surface area is 196 Å². The first-order chi connectivity index (χ1) is 16.4. The molecule has 0 fully saturated rings. The molecule has 0 spiro atoms. The summed E-state index contributed by atoms with van der Waals surface area (Å²) in [5, 5.41) is 17.7. The van der Waals surface area contributed by atoms with Gasteiger partial charge in [0.05, 0.1) is 32.7 Å². The lowest BCUT2D eigenvalue weighted by molar-refractivity contribution is 0.0947. The van der Waals surface area contributed by atoms with Gasteiger partial charge in [0.25, 0.3) is 11.5 Å². The Balaban J connectivity index is 1.92. The van der Waals surface area contributed by atoms with Crippen LogP contribution in [0, 0.1) is 18.3 Å². The van der Waals surface area contributed by atoms with Crippen molar-refractivity contribution in [1.82, 2.24) is 15.2 Å². The van der Waals surface area contributed by atoms with Crippen LogP contribution in [0.3, 0.4) is 0 Å². The molecule has 0 bridgehead atoms. The molecule has 0 aliphatic carbocycles. The highest BCUT2D eigenvalue weighted by Gasteiger charge is 2.20. The van der Waals surface area contributed by atoms with Crippen LogP contribution in [0.5, 0.6) is 17.2 Å². The molecule has 34 heavy (non-hydrogen) atoms. The van der Waals surface area contributed by atoms with E-state index in [1.54, 1.807) is 49.6 Å². The third-order valence-electron chi connectivity index (χ3n) is 4.87. The summed E-state index contributed by atoms with van der Waals surface area (Å²) >= 11 is 0. The summed E-state index contributed by atoms with van der Waals surface area (Å²) in [7, 11) is 3.05. The first-order valence-electron chi connectivity index (χ1n) is 10.3. The zero-order chi connectivity index (χ0) is 24.7. The van der Waals surface area contributed by atoms with E-state index in [-0.39, 0.29) is 16.8 Å². The second-order valence-corrected chi connectivity index (χ2v) is 6.91. The van der Waals surface area contributed by atoms with Gasteiger partial charge >= 0.3 is 0 Å². The van der Waals surface area contributed by atoms with Gasteiger partial charge in [-0.3, -0.25) is 9.59 Å². The number of ether oxygens (including phenoxy) is 3. The number of carbonyl (C=O) groups excluding carboxylic acids is 1. The maximum atomic E-state index is 12.8. The highest BCUT2D eigenvalue weighted by Crippen LogP contribution is 2.23. The zero-order valence-corrected chi connectivity index (χ0v) is 19.2. The molecule has 0 atom stereocenters. The summed E-state index contributed by atoms with van der Waals surface area (Å²) in [5.74, 6) is 1.05. The zero-order valence-electron chi connectivity index (χ0n) is 19.2. The highest BCUT2D eigenvalue weighted by atomic mass is 16.5. The maximum Gasteiger partial charge on any atom is 0.292 e. The molecule has 3 aromatic rings. The van der Waals surface area contributed by atoms with Gasteiger partial charge in [0, 0.05) is 17.2 Å². The lowest BCUT2D eigenvalue weighted by atomic mass is 10.1. The number of aromatic nitrogens is 2. The van der Waals surface area contributed by atoms with E-state index in [2.05, 4.69) is 15.6 Å².